The van der Waals surface area contributed by atoms with Gasteiger partial charge < -0.3 is 9.47 Å². The summed E-state index contributed by atoms with van der Waals surface area (Å²) in [5.74, 6) is -0.165. The summed E-state index contributed by atoms with van der Waals surface area (Å²) in [5, 5.41) is 0. The molecular weight excluding hydrogens is 256 g/mol. The van der Waals surface area contributed by atoms with Crippen molar-refractivity contribution in [3.8, 4) is 28.0 Å². The number of carbonyl (C=O) groups is 2. The van der Waals surface area contributed by atoms with Crippen molar-refractivity contribution in [3.05, 3.63) is 42.0 Å². The summed E-state index contributed by atoms with van der Waals surface area (Å²) in [6.07, 6.45) is 0. The molecule has 0 N–H and O–H groups in total. The Morgan fingerprint density at radius 1 is 0.900 bits per heavy atom. The van der Waals surface area contributed by atoms with Gasteiger partial charge in [-0.2, -0.15) is 0 Å². The van der Waals surface area contributed by atoms with E-state index in [4.69, 9.17) is 9.47 Å². The van der Waals surface area contributed by atoms with Gasteiger partial charge in [-0.15, -0.1) is 0 Å². The van der Waals surface area contributed by atoms with Gasteiger partial charge in [-0.1, -0.05) is 12.1 Å². The van der Waals surface area contributed by atoms with Gasteiger partial charge in [0.1, 0.15) is 5.75 Å². The largest absolute Gasteiger partial charge is 0.465 e. The molecule has 0 spiro atoms. The standard InChI is InChI=1S/C16H12O4/c1-9(17)20-11-4-6-13-14-7-10(16(18)19-2)3-5-12(14)15(13)8-11/h3-8H,1-2H3. The van der Waals surface area contributed by atoms with E-state index in [1.54, 1.807) is 12.1 Å². The van der Waals surface area contributed by atoms with Crippen LogP contribution in [0.3, 0.4) is 0 Å². The first kappa shape index (κ1) is 12.4. The molecule has 0 fully saturated rings. The highest BCUT2D eigenvalue weighted by Gasteiger charge is 2.24. The molecule has 0 bridgehead atoms. The number of hydrogen-bond acceptors (Lipinski definition) is 4. The number of hydrogen-bond donors (Lipinski definition) is 0. The minimum Gasteiger partial charge on any atom is -0.465 e. The normalized spacial score (nSPS) is 10.9. The minimum absolute atomic E-state index is 0.342. The van der Waals surface area contributed by atoms with Crippen LogP contribution in [0.5, 0.6) is 5.75 Å². The molecule has 0 aliphatic heterocycles. The van der Waals surface area contributed by atoms with Crippen LogP contribution in [0.25, 0.3) is 22.3 Å². The maximum atomic E-state index is 11.5. The van der Waals surface area contributed by atoms with E-state index >= 15 is 0 Å². The summed E-state index contributed by atoms with van der Waals surface area (Å²) >= 11 is 0. The lowest BCUT2D eigenvalue weighted by molar-refractivity contribution is -0.131. The summed E-state index contributed by atoms with van der Waals surface area (Å²) in [5.41, 5.74) is 4.65. The maximum absolute atomic E-state index is 11.5. The number of esters is 2. The van der Waals surface area contributed by atoms with Crippen LogP contribution in [0, 0.1) is 0 Å². The third-order valence-electron chi connectivity index (χ3n) is 3.27. The Labute approximate surface area is 115 Å². The zero-order valence-corrected chi connectivity index (χ0v) is 11.1. The molecule has 2 aromatic carbocycles. The highest BCUT2D eigenvalue weighted by Crippen LogP contribution is 2.48. The zero-order valence-electron chi connectivity index (χ0n) is 11.1. The molecule has 2 aromatic rings. The highest BCUT2D eigenvalue weighted by molar-refractivity contribution is 6.05. The van der Waals surface area contributed by atoms with Crippen LogP contribution in [0.4, 0.5) is 0 Å². The first-order chi connectivity index (χ1) is 9.60. The predicted octanol–water partition coefficient (Wildman–Crippen LogP) is 3.05. The molecule has 1 aliphatic carbocycles. The van der Waals surface area contributed by atoms with Gasteiger partial charge in [0.2, 0.25) is 0 Å². The van der Waals surface area contributed by atoms with E-state index in [2.05, 4.69) is 0 Å². The molecule has 0 heterocycles. The molecule has 0 atom stereocenters. The Kier molecular flexibility index (Phi) is 2.79. The van der Waals surface area contributed by atoms with E-state index in [1.807, 2.05) is 24.3 Å². The average Bonchev–Trinajstić information content (AvgIpc) is 2.43. The van der Waals surface area contributed by atoms with E-state index in [0.29, 0.717) is 11.3 Å². The Bertz CT molecular complexity index is 731. The zero-order chi connectivity index (χ0) is 14.3. The molecule has 100 valence electrons. The second kappa shape index (κ2) is 4.49. The first-order valence-corrected chi connectivity index (χ1v) is 6.15. The SMILES string of the molecule is COC(=O)c1ccc2c(c1)-c1ccc(OC(C)=O)cc1-2. The van der Waals surface area contributed by atoms with Crippen molar-refractivity contribution < 1.29 is 19.1 Å². The van der Waals surface area contributed by atoms with E-state index in [1.165, 1.54) is 14.0 Å². The van der Waals surface area contributed by atoms with E-state index in [9.17, 15) is 9.59 Å². The van der Waals surface area contributed by atoms with Gasteiger partial charge in [0, 0.05) is 6.92 Å². The molecule has 0 unspecified atom stereocenters. The molecule has 0 amide bonds. The molecule has 0 aromatic heterocycles. The van der Waals surface area contributed by atoms with Gasteiger partial charge >= 0.3 is 11.9 Å². The fourth-order valence-corrected chi connectivity index (χ4v) is 2.39. The fraction of sp³-hybridized carbons (Fsp3) is 0.125. The summed E-state index contributed by atoms with van der Waals surface area (Å²) in [6, 6.07) is 10.9. The Morgan fingerprint density at radius 3 is 2.20 bits per heavy atom. The van der Waals surface area contributed by atoms with Gasteiger partial charge in [-0.25, -0.2) is 4.79 Å². The first-order valence-electron chi connectivity index (χ1n) is 6.15. The summed E-state index contributed by atoms with van der Waals surface area (Å²) < 4.78 is 9.77. The van der Waals surface area contributed by atoms with Crippen molar-refractivity contribution in [1.29, 1.82) is 0 Å². The highest BCUT2D eigenvalue weighted by atomic mass is 16.5. The molecule has 1 aliphatic rings. The lowest BCUT2D eigenvalue weighted by atomic mass is 9.80. The lowest BCUT2D eigenvalue weighted by Gasteiger charge is -2.24. The van der Waals surface area contributed by atoms with Crippen molar-refractivity contribution >= 4 is 11.9 Å². The van der Waals surface area contributed by atoms with Gasteiger partial charge in [0.05, 0.1) is 12.7 Å². The summed E-state index contributed by atoms with van der Waals surface area (Å²) in [6.45, 7) is 1.37. The third-order valence-corrected chi connectivity index (χ3v) is 3.27. The van der Waals surface area contributed by atoms with Crippen LogP contribution in [0.15, 0.2) is 36.4 Å². The van der Waals surface area contributed by atoms with Gasteiger partial charge in [0.15, 0.2) is 0 Å². The summed E-state index contributed by atoms with van der Waals surface area (Å²) in [7, 11) is 1.36. The third kappa shape index (κ3) is 1.86. The predicted molar refractivity (Wildman–Crippen MR) is 73.5 cm³/mol. The molecule has 4 nitrogen and oxygen atoms in total. The second-order valence-corrected chi connectivity index (χ2v) is 4.55. The Hall–Kier alpha value is -2.62. The number of fused-ring (bicyclic) bond motifs is 4. The second-order valence-electron chi connectivity index (χ2n) is 4.55. The van der Waals surface area contributed by atoms with Gasteiger partial charge in [0.25, 0.3) is 0 Å². The van der Waals surface area contributed by atoms with Crippen LogP contribution in [-0.2, 0) is 9.53 Å². The monoisotopic (exact) mass is 268 g/mol. The van der Waals surface area contributed by atoms with Gasteiger partial charge in [-0.05, 0) is 46.5 Å². The minimum atomic E-state index is -0.349. The molecule has 0 radical (unpaired) electrons. The molecule has 0 saturated carbocycles. The quantitative estimate of drug-likeness (QED) is 0.529. The van der Waals surface area contributed by atoms with Crippen LogP contribution in [0.2, 0.25) is 0 Å². The molecule has 20 heavy (non-hydrogen) atoms. The van der Waals surface area contributed by atoms with Crippen LogP contribution >= 0.6 is 0 Å². The molecule has 3 rings (SSSR count). The number of carbonyl (C=O) groups excluding carboxylic acids is 2. The van der Waals surface area contributed by atoms with Crippen molar-refractivity contribution in [2.75, 3.05) is 7.11 Å². The van der Waals surface area contributed by atoms with Crippen molar-refractivity contribution in [3.63, 3.8) is 0 Å². The summed E-state index contributed by atoms with van der Waals surface area (Å²) in [4.78, 5) is 22.5. The smallest absolute Gasteiger partial charge is 0.337 e. The molecule has 0 saturated heterocycles. The number of ether oxygens (including phenoxy) is 2. The number of methoxy groups -OCH3 is 1. The van der Waals surface area contributed by atoms with E-state index in [0.717, 1.165) is 22.3 Å². The maximum Gasteiger partial charge on any atom is 0.337 e. The van der Waals surface area contributed by atoms with E-state index < -0.39 is 0 Å². The molecular formula is C16H12O4. The van der Waals surface area contributed by atoms with Crippen molar-refractivity contribution in [1.82, 2.24) is 0 Å². The molecule has 4 heteroatoms. The van der Waals surface area contributed by atoms with E-state index in [-0.39, 0.29) is 11.9 Å². The number of benzene rings is 2. The van der Waals surface area contributed by atoms with Crippen LogP contribution in [-0.4, -0.2) is 19.0 Å². The Balaban J connectivity index is 1.97. The average molecular weight is 268 g/mol. The van der Waals surface area contributed by atoms with Crippen LogP contribution in [0.1, 0.15) is 17.3 Å². The van der Waals surface area contributed by atoms with Crippen LogP contribution < -0.4 is 4.74 Å². The van der Waals surface area contributed by atoms with Gasteiger partial charge in [-0.3, -0.25) is 4.79 Å². The van der Waals surface area contributed by atoms with Crippen molar-refractivity contribution in [2.45, 2.75) is 6.92 Å². The topological polar surface area (TPSA) is 52.6 Å². The number of rotatable bonds is 2. The Morgan fingerprint density at radius 2 is 1.55 bits per heavy atom. The lowest BCUT2D eigenvalue weighted by Crippen LogP contribution is -2.06. The van der Waals surface area contributed by atoms with Crippen molar-refractivity contribution in [2.24, 2.45) is 0 Å². The fourth-order valence-electron chi connectivity index (χ4n) is 2.39.